The molecule has 1 fully saturated rings. The van der Waals surface area contributed by atoms with E-state index in [-0.39, 0.29) is 28.5 Å². The highest BCUT2D eigenvalue weighted by Gasteiger charge is 2.57. The van der Waals surface area contributed by atoms with Gasteiger partial charge in [0.15, 0.2) is 17.3 Å². The summed E-state index contributed by atoms with van der Waals surface area (Å²) in [5.74, 6) is 1.69. The van der Waals surface area contributed by atoms with Crippen LogP contribution in [0.1, 0.15) is 73.6 Å². The molecule has 2 aromatic rings. The van der Waals surface area contributed by atoms with Crippen molar-refractivity contribution in [3.05, 3.63) is 51.0 Å². The van der Waals surface area contributed by atoms with E-state index < -0.39 is 0 Å². The van der Waals surface area contributed by atoms with Crippen molar-refractivity contribution in [1.29, 1.82) is 0 Å². The number of rotatable bonds is 5. The Bertz CT molecular complexity index is 1050. The number of hydrogen-bond acceptors (Lipinski definition) is 5. The lowest BCUT2D eigenvalue weighted by molar-refractivity contribution is 0.0834. The van der Waals surface area contributed by atoms with Crippen LogP contribution in [0.5, 0.6) is 17.2 Å². The first-order chi connectivity index (χ1) is 14.5. The molecule has 1 atom stereocenters. The molecule has 1 spiro atoms. The van der Waals surface area contributed by atoms with Gasteiger partial charge in [0.1, 0.15) is 5.75 Å². The Kier molecular flexibility index (Phi) is 5.38. The molecule has 0 aromatic heterocycles. The highest BCUT2D eigenvalue weighted by Crippen LogP contribution is 2.61. The summed E-state index contributed by atoms with van der Waals surface area (Å²) in [4.78, 5) is 15.7. The first-order valence-corrected chi connectivity index (χ1v) is 11.4. The molecule has 4 rings (SSSR count). The van der Waals surface area contributed by atoms with E-state index in [2.05, 4.69) is 39.9 Å². The van der Waals surface area contributed by atoms with Crippen LogP contribution in [0.15, 0.2) is 28.7 Å². The summed E-state index contributed by atoms with van der Waals surface area (Å²) in [5.41, 5.74) is 3.44. The van der Waals surface area contributed by atoms with Crippen molar-refractivity contribution in [2.75, 3.05) is 20.8 Å². The van der Waals surface area contributed by atoms with Gasteiger partial charge in [-0.05, 0) is 76.5 Å². The molecule has 0 saturated heterocycles. The van der Waals surface area contributed by atoms with Crippen LogP contribution >= 0.6 is 15.9 Å². The number of methoxy groups -OCH3 is 2. The minimum atomic E-state index is -0.273. The highest BCUT2D eigenvalue weighted by molar-refractivity contribution is 9.10. The van der Waals surface area contributed by atoms with Gasteiger partial charge in [-0.15, -0.1) is 0 Å². The number of Topliss-reactive ketones (excluding diaryl/α,β-unsaturated/α-hetero) is 1. The number of carbonyl (C=O) groups is 1. The minimum Gasteiger partial charge on any atom is -0.506 e. The maximum absolute atomic E-state index is 13.4. The number of benzene rings is 2. The number of ketones is 1. The number of ether oxygens (including phenoxy) is 2. The fraction of sp³-hybridized carbons (Fsp3) is 0.480. The Morgan fingerprint density at radius 2 is 1.77 bits per heavy atom. The third-order valence-electron chi connectivity index (χ3n) is 6.76. The minimum absolute atomic E-state index is 0.0519. The summed E-state index contributed by atoms with van der Waals surface area (Å²) in [7, 11) is 3.30. The number of halogens is 1. The van der Waals surface area contributed by atoms with Gasteiger partial charge in [0.25, 0.3) is 0 Å². The third kappa shape index (κ3) is 3.54. The highest BCUT2D eigenvalue weighted by atomic mass is 79.9. The zero-order chi connectivity index (χ0) is 22.7. The van der Waals surface area contributed by atoms with Crippen molar-refractivity contribution in [2.24, 2.45) is 0 Å². The van der Waals surface area contributed by atoms with Gasteiger partial charge in [-0.2, -0.15) is 0 Å². The molecule has 31 heavy (non-hydrogen) atoms. The number of nitrogens with zero attached hydrogens (tertiary/aromatic N) is 1. The maximum atomic E-state index is 13.4. The quantitative estimate of drug-likeness (QED) is 0.546. The number of hydrogen-bond donors (Lipinski definition) is 1. The summed E-state index contributed by atoms with van der Waals surface area (Å²) in [6.45, 7) is 8.56. The lowest BCUT2D eigenvalue weighted by atomic mass is 9.85. The second-order valence-corrected chi connectivity index (χ2v) is 10.5. The molecule has 6 heteroatoms. The lowest BCUT2D eigenvalue weighted by Gasteiger charge is -2.28. The van der Waals surface area contributed by atoms with Gasteiger partial charge in [-0.1, -0.05) is 20.8 Å². The monoisotopic (exact) mass is 487 g/mol. The molecule has 0 amide bonds. The first kappa shape index (κ1) is 22.2. The van der Waals surface area contributed by atoms with Crippen LogP contribution in [0.25, 0.3) is 0 Å². The SMILES string of the molecule is COc1cc2c(cc1OC)C1(CC1)N(CC(=O)c1cc(Br)c(O)c(C(C)(C)C)c1)C2C. The van der Waals surface area contributed by atoms with Crippen LogP contribution < -0.4 is 9.47 Å². The summed E-state index contributed by atoms with van der Waals surface area (Å²) >= 11 is 3.43. The van der Waals surface area contributed by atoms with E-state index in [0.717, 1.165) is 29.9 Å². The van der Waals surface area contributed by atoms with Crippen LogP contribution in [-0.4, -0.2) is 36.6 Å². The van der Waals surface area contributed by atoms with Crippen LogP contribution in [0.4, 0.5) is 0 Å². The molecule has 1 N–H and O–H groups in total. The topological polar surface area (TPSA) is 59.0 Å². The average molecular weight is 488 g/mol. The molecule has 2 aliphatic rings. The van der Waals surface area contributed by atoms with Crippen molar-refractivity contribution in [3.63, 3.8) is 0 Å². The molecule has 1 unspecified atom stereocenters. The van der Waals surface area contributed by atoms with E-state index in [4.69, 9.17) is 9.47 Å². The van der Waals surface area contributed by atoms with Crippen LogP contribution in [0, 0.1) is 0 Å². The summed E-state index contributed by atoms with van der Waals surface area (Å²) in [5, 5.41) is 10.5. The number of aromatic hydroxyl groups is 1. The molecule has 1 aliphatic carbocycles. The Balaban J connectivity index is 1.68. The molecule has 166 valence electrons. The normalized spacial score (nSPS) is 19.4. The number of fused-ring (bicyclic) bond motifs is 2. The molecular formula is C25H30BrNO4. The largest absolute Gasteiger partial charge is 0.506 e. The van der Waals surface area contributed by atoms with Crippen molar-refractivity contribution in [1.82, 2.24) is 4.90 Å². The van der Waals surface area contributed by atoms with Crippen molar-refractivity contribution in [2.45, 2.75) is 57.5 Å². The predicted octanol–water partition coefficient (Wildman–Crippen LogP) is 5.72. The van der Waals surface area contributed by atoms with Crippen LogP contribution in [0.2, 0.25) is 0 Å². The molecule has 0 radical (unpaired) electrons. The van der Waals surface area contributed by atoms with E-state index in [9.17, 15) is 9.90 Å². The predicted molar refractivity (Wildman–Crippen MR) is 124 cm³/mol. The molecule has 1 saturated carbocycles. The summed E-state index contributed by atoms with van der Waals surface area (Å²) < 4.78 is 11.6. The molecule has 2 aromatic carbocycles. The Morgan fingerprint density at radius 1 is 1.16 bits per heavy atom. The van der Waals surface area contributed by atoms with E-state index in [1.165, 1.54) is 11.1 Å². The van der Waals surface area contributed by atoms with Gasteiger partial charge in [-0.25, -0.2) is 0 Å². The van der Waals surface area contributed by atoms with E-state index in [1.807, 2.05) is 26.8 Å². The van der Waals surface area contributed by atoms with Gasteiger partial charge >= 0.3 is 0 Å². The van der Waals surface area contributed by atoms with E-state index in [1.54, 1.807) is 20.3 Å². The van der Waals surface area contributed by atoms with Crippen LogP contribution in [0.3, 0.4) is 0 Å². The second-order valence-electron chi connectivity index (χ2n) is 9.66. The van der Waals surface area contributed by atoms with Gasteiger partial charge < -0.3 is 14.6 Å². The smallest absolute Gasteiger partial charge is 0.176 e. The van der Waals surface area contributed by atoms with Crippen LogP contribution in [-0.2, 0) is 11.0 Å². The third-order valence-corrected chi connectivity index (χ3v) is 7.36. The van der Waals surface area contributed by atoms with Crippen molar-refractivity contribution in [3.8, 4) is 17.2 Å². The van der Waals surface area contributed by atoms with Crippen molar-refractivity contribution < 1.29 is 19.4 Å². The fourth-order valence-electron chi connectivity index (χ4n) is 4.88. The summed E-state index contributed by atoms with van der Waals surface area (Å²) in [6.07, 6.45) is 2.05. The molecule has 0 bridgehead atoms. The Hall–Kier alpha value is -2.05. The number of phenolic OH excluding ortho intramolecular Hbond substituents is 1. The second kappa shape index (κ2) is 7.52. The molecule has 1 aliphatic heterocycles. The standard InChI is InChI=1S/C25H30BrNO4/c1-14-16-11-21(30-5)22(31-6)12-17(16)25(7-8-25)27(14)13-20(28)15-9-18(24(2,3)4)23(29)19(26)10-15/h9-12,14,29H,7-8,13H2,1-6H3. The maximum Gasteiger partial charge on any atom is 0.176 e. The zero-order valence-electron chi connectivity index (χ0n) is 19.0. The van der Waals surface area contributed by atoms with E-state index >= 15 is 0 Å². The van der Waals surface area contributed by atoms with Gasteiger partial charge in [0.05, 0.1) is 25.2 Å². The lowest BCUT2D eigenvalue weighted by Crippen LogP contribution is -2.35. The van der Waals surface area contributed by atoms with E-state index in [0.29, 0.717) is 16.6 Å². The van der Waals surface area contributed by atoms with Gasteiger partial charge in [0.2, 0.25) is 0 Å². The fourth-order valence-corrected chi connectivity index (χ4v) is 5.34. The summed E-state index contributed by atoms with van der Waals surface area (Å²) in [6, 6.07) is 7.80. The average Bonchev–Trinajstić information content (AvgIpc) is 3.49. The zero-order valence-corrected chi connectivity index (χ0v) is 20.6. The Labute approximate surface area is 192 Å². The molecular weight excluding hydrogens is 458 g/mol. The van der Waals surface area contributed by atoms with Gasteiger partial charge in [-0.3, -0.25) is 9.69 Å². The van der Waals surface area contributed by atoms with Crippen molar-refractivity contribution >= 4 is 21.7 Å². The van der Waals surface area contributed by atoms with Gasteiger partial charge in [0, 0.05) is 22.7 Å². The first-order valence-electron chi connectivity index (χ1n) is 10.6. The molecule has 5 nitrogen and oxygen atoms in total. The number of phenols is 1. The number of carbonyl (C=O) groups excluding carboxylic acids is 1. The Morgan fingerprint density at radius 3 is 2.32 bits per heavy atom. The molecule has 1 heterocycles.